The van der Waals surface area contributed by atoms with Crippen molar-refractivity contribution in [2.24, 2.45) is 0 Å². The third kappa shape index (κ3) is 2.25. The van der Waals surface area contributed by atoms with Gasteiger partial charge in [-0.25, -0.2) is 9.78 Å². The van der Waals surface area contributed by atoms with E-state index < -0.39 is 12.2 Å². The number of benzene rings is 2. The number of nitrogens with zero attached hydrogens (tertiary/aromatic N) is 1. The van der Waals surface area contributed by atoms with Gasteiger partial charge < -0.3 is 19.5 Å². The van der Waals surface area contributed by atoms with E-state index in [1.54, 1.807) is 12.1 Å². The summed E-state index contributed by atoms with van der Waals surface area (Å²) in [5, 5.41) is 3.87. The molecule has 1 atom stereocenters. The number of aromatic nitrogens is 1. The third-order valence-corrected chi connectivity index (χ3v) is 4.81. The lowest BCUT2D eigenvalue weighted by Gasteiger charge is -2.13. The monoisotopic (exact) mass is 342 g/mol. The van der Waals surface area contributed by atoms with Crippen LogP contribution in [0.25, 0.3) is 10.2 Å². The number of rotatable bonds is 4. The second-order valence-corrected chi connectivity index (χ2v) is 6.21. The normalized spacial score (nSPS) is 15.9. The summed E-state index contributed by atoms with van der Waals surface area (Å²) in [4.78, 5) is 16.8. The zero-order valence-corrected chi connectivity index (χ0v) is 13.8. The van der Waals surface area contributed by atoms with Gasteiger partial charge in [-0.1, -0.05) is 23.5 Å². The highest BCUT2D eigenvalue weighted by molar-refractivity contribution is 7.22. The fourth-order valence-corrected chi connectivity index (χ4v) is 3.64. The summed E-state index contributed by atoms with van der Waals surface area (Å²) in [6.07, 6.45) is -0.604. The predicted octanol–water partition coefficient (Wildman–Crippen LogP) is 3.59. The molecule has 6 nitrogen and oxygen atoms in total. The van der Waals surface area contributed by atoms with Gasteiger partial charge >= 0.3 is 5.97 Å². The fourth-order valence-electron chi connectivity index (χ4n) is 2.75. The average Bonchev–Trinajstić information content (AvgIpc) is 3.15. The van der Waals surface area contributed by atoms with Crippen molar-refractivity contribution in [1.82, 2.24) is 4.98 Å². The Labute approximate surface area is 142 Å². The number of para-hydroxylation sites is 1. The Morgan fingerprint density at radius 3 is 2.75 bits per heavy atom. The van der Waals surface area contributed by atoms with Gasteiger partial charge in [0.05, 0.1) is 24.4 Å². The molecule has 2 heterocycles. The standard InChI is InChI=1S/C17H14N2O4S/c1-21-11-8-7-9-13(14(11)22-2)16(20)23-15(9)19-17-18-10-5-3-4-6-12(10)24-17/h3-8,15H,1-2H3,(H,18,19)/t15-/m0/s1. The highest BCUT2D eigenvalue weighted by Crippen LogP contribution is 2.42. The first-order chi connectivity index (χ1) is 11.7. The van der Waals surface area contributed by atoms with Crippen LogP contribution in [0.5, 0.6) is 11.5 Å². The lowest BCUT2D eigenvalue weighted by molar-refractivity contribution is 0.0435. The third-order valence-electron chi connectivity index (χ3n) is 3.84. The quantitative estimate of drug-likeness (QED) is 0.731. The smallest absolute Gasteiger partial charge is 0.344 e. The largest absolute Gasteiger partial charge is 0.493 e. The van der Waals surface area contributed by atoms with Crippen LogP contribution in [0.15, 0.2) is 36.4 Å². The summed E-state index contributed by atoms with van der Waals surface area (Å²) in [5.74, 6) is 0.432. The van der Waals surface area contributed by atoms with Crippen molar-refractivity contribution in [2.45, 2.75) is 6.23 Å². The average molecular weight is 342 g/mol. The molecule has 0 spiro atoms. The number of carbonyl (C=O) groups excluding carboxylic acids is 1. The molecule has 0 bridgehead atoms. The maximum Gasteiger partial charge on any atom is 0.344 e. The van der Waals surface area contributed by atoms with Crippen LogP contribution >= 0.6 is 11.3 Å². The molecule has 0 saturated heterocycles. The predicted molar refractivity (Wildman–Crippen MR) is 90.9 cm³/mol. The number of cyclic esters (lactones) is 1. The Kier molecular flexibility index (Phi) is 3.50. The Balaban J connectivity index is 1.71. The van der Waals surface area contributed by atoms with Crippen LogP contribution in [0.2, 0.25) is 0 Å². The molecule has 122 valence electrons. The molecule has 1 aliphatic rings. The molecule has 4 rings (SSSR count). The summed E-state index contributed by atoms with van der Waals surface area (Å²) >= 11 is 1.51. The molecule has 0 saturated carbocycles. The highest BCUT2D eigenvalue weighted by atomic mass is 32.1. The van der Waals surface area contributed by atoms with Gasteiger partial charge in [-0.2, -0.15) is 0 Å². The maximum atomic E-state index is 12.3. The minimum atomic E-state index is -0.604. The van der Waals surface area contributed by atoms with E-state index in [1.165, 1.54) is 25.6 Å². The van der Waals surface area contributed by atoms with E-state index in [-0.39, 0.29) is 0 Å². The molecule has 1 N–H and O–H groups in total. The molecule has 0 radical (unpaired) electrons. The molecule has 1 aliphatic heterocycles. The van der Waals surface area contributed by atoms with E-state index in [1.807, 2.05) is 24.3 Å². The molecule has 0 unspecified atom stereocenters. The van der Waals surface area contributed by atoms with E-state index in [2.05, 4.69) is 10.3 Å². The number of ether oxygens (including phenoxy) is 3. The molecule has 1 aromatic heterocycles. The first kappa shape index (κ1) is 14.8. The van der Waals surface area contributed by atoms with Crippen LogP contribution < -0.4 is 14.8 Å². The molecular weight excluding hydrogens is 328 g/mol. The Hall–Kier alpha value is -2.80. The van der Waals surface area contributed by atoms with E-state index in [9.17, 15) is 4.79 Å². The van der Waals surface area contributed by atoms with Gasteiger partial charge in [0.25, 0.3) is 0 Å². The maximum absolute atomic E-state index is 12.3. The Morgan fingerprint density at radius 2 is 2.00 bits per heavy atom. The van der Waals surface area contributed by atoms with E-state index >= 15 is 0 Å². The first-order valence-electron chi connectivity index (χ1n) is 7.29. The van der Waals surface area contributed by atoms with Crippen LogP contribution in [-0.4, -0.2) is 25.2 Å². The SMILES string of the molecule is COc1ccc2c(c1OC)C(=O)O[C@@H]2Nc1nc2ccccc2s1. The van der Waals surface area contributed by atoms with E-state index in [0.29, 0.717) is 27.8 Å². The molecular formula is C17H14N2O4S. The fraction of sp³-hybridized carbons (Fsp3) is 0.176. The van der Waals surface area contributed by atoms with Crippen LogP contribution in [0.1, 0.15) is 22.1 Å². The van der Waals surface area contributed by atoms with Crippen molar-refractivity contribution in [2.75, 3.05) is 19.5 Å². The number of hydrogen-bond donors (Lipinski definition) is 1. The molecule has 0 aliphatic carbocycles. The van der Waals surface area contributed by atoms with Gasteiger partial charge in [-0.15, -0.1) is 0 Å². The van der Waals surface area contributed by atoms with Gasteiger partial charge in [0, 0.05) is 5.56 Å². The van der Waals surface area contributed by atoms with Gasteiger partial charge in [-0.3, -0.25) is 0 Å². The zero-order chi connectivity index (χ0) is 16.7. The van der Waals surface area contributed by atoms with Crippen LogP contribution in [0.3, 0.4) is 0 Å². The lowest BCUT2D eigenvalue weighted by Crippen LogP contribution is -2.09. The number of fused-ring (bicyclic) bond motifs is 2. The van der Waals surface area contributed by atoms with Crippen LogP contribution in [0, 0.1) is 0 Å². The number of thiazole rings is 1. The summed E-state index contributed by atoms with van der Waals surface area (Å²) in [6, 6.07) is 11.4. The number of nitrogens with one attached hydrogen (secondary N) is 1. The molecule has 3 aromatic rings. The second kappa shape index (κ2) is 5.68. The molecule has 0 fully saturated rings. The number of anilines is 1. The van der Waals surface area contributed by atoms with E-state index in [4.69, 9.17) is 14.2 Å². The van der Waals surface area contributed by atoms with Crippen molar-refractivity contribution in [3.05, 3.63) is 47.5 Å². The van der Waals surface area contributed by atoms with Crippen molar-refractivity contribution in [3.63, 3.8) is 0 Å². The van der Waals surface area contributed by atoms with Gasteiger partial charge in [-0.05, 0) is 24.3 Å². The Bertz CT molecular complexity index is 904. The van der Waals surface area contributed by atoms with Crippen molar-refractivity contribution < 1.29 is 19.0 Å². The number of esters is 1. The second-order valence-electron chi connectivity index (χ2n) is 5.18. The molecule has 24 heavy (non-hydrogen) atoms. The summed E-state index contributed by atoms with van der Waals surface area (Å²) in [7, 11) is 3.03. The molecule has 2 aromatic carbocycles. The number of hydrogen-bond acceptors (Lipinski definition) is 7. The Morgan fingerprint density at radius 1 is 1.17 bits per heavy atom. The van der Waals surface area contributed by atoms with Crippen LogP contribution in [0.4, 0.5) is 5.13 Å². The van der Waals surface area contributed by atoms with Crippen molar-refractivity contribution in [1.29, 1.82) is 0 Å². The molecule has 7 heteroatoms. The highest BCUT2D eigenvalue weighted by Gasteiger charge is 2.36. The van der Waals surface area contributed by atoms with Crippen molar-refractivity contribution >= 4 is 32.7 Å². The van der Waals surface area contributed by atoms with Crippen LogP contribution in [-0.2, 0) is 4.74 Å². The summed E-state index contributed by atoms with van der Waals surface area (Å²) < 4.78 is 17.1. The number of methoxy groups -OCH3 is 2. The lowest BCUT2D eigenvalue weighted by atomic mass is 10.1. The van der Waals surface area contributed by atoms with Gasteiger partial charge in [0.1, 0.15) is 5.56 Å². The first-order valence-corrected chi connectivity index (χ1v) is 8.11. The van der Waals surface area contributed by atoms with Crippen molar-refractivity contribution in [3.8, 4) is 11.5 Å². The minimum absolute atomic E-state index is 0.383. The topological polar surface area (TPSA) is 69.7 Å². The summed E-state index contributed by atoms with van der Waals surface area (Å²) in [5.41, 5.74) is 1.99. The zero-order valence-electron chi connectivity index (χ0n) is 13.0. The minimum Gasteiger partial charge on any atom is -0.493 e. The summed E-state index contributed by atoms with van der Waals surface area (Å²) in [6.45, 7) is 0. The number of carbonyl (C=O) groups is 1. The van der Waals surface area contributed by atoms with Gasteiger partial charge in [0.2, 0.25) is 6.23 Å². The van der Waals surface area contributed by atoms with E-state index in [0.717, 1.165) is 10.2 Å². The molecule has 0 amide bonds. The van der Waals surface area contributed by atoms with Gasteiger partial charge in [0.15, 0.2) is 16.6 Å².